The van der Waals surface area contributed by atoms with Crippen molar-refractivity contribution in [2.45, 2.75) is 43.7 Å². The highest BCUT2D eigenvalue weighted by Gasteiger charge is 2.21. The normalized spacial score (nSPS) is 14.4. The molecule has 3 aromatic rings. The molecular formula is C25H34N8O2S2. The van der Waals surface area contributed by atoms with Gasteiger partial charge in [-0.3, -0.25) is 15.0 Å². The Labute approximate surface area is 226 Å². The van der Waals surface area contributed by atoms with E-state index in [0.29, 0.717) is 29.5 Å². The topological polar surface area (TPSA) is 119 Å². The molecule has 0 bridgehead atoms. The third kappa shape index (κ3) is 7.60. The molecule has 0 spiro atoms. The van der Waals surface area contributed by atoms with Crippen LogP contribution in [0.4, 0.5) is 22.7 Å². The van der Waals surface area contributed by atoms with Crippen molar-refractivity contribution in [3.05, 3.63) is 35.3 Å². The van der Waals surface area contributed by atoms with Crippen LogP contribution in [-0.4, -0.2) is 75.2 Å². The number of carbonyl (C=O) groups is 1. The van der Waals surface area contributed by atoms with Crippen LogP contribution in [-0.2, 0) is 4.79 Å². The number of aliphatic hydroxyl groups excluding tert-OH is 1. The van der Waals surface area contributed by atoms with Gasteiger partial charge in [0, 0.05) is 60.3 Å². The Morgan fingerprint density at radius 3 is 2.43 bits per heavy atom. The van der Waals surface area contributed by atoms with Crippen molar-refractivity contribution in [3.63, 3.8) is 0 Å². The SMILES string of the molecule is CC(C)C(=O)Nc1ccc(Sc2nc(Nc3ncc(C(C)C)s3)nc(N3CCN(CCO)CC3)n2)cc1. The number of carbonyl (C=O) groups excluding carboxylic acids is 1. The Balaban J connectivity index is 1.54. The van der Waals surface area contributed by atoms with Crippen LogP contribution < -0.4 is 15.5 Å². The van der Waals surface area contributed by atoms with Gasteiger partial charge in [-0.15, -0.1) is 11.3 Å². The maximum atomic E-state index is 12.0. The third-order valence-corrected chi connectivity index (χ3v) is 7.93. The molecule has 0 atom stereocenters. The summed E-state index contributed by atoms with van der Waals surface area (Å²) in [5, 5.41) is 16.8. The quantitative estimate of drug-likeness (QED) is 0.346. The molecule has 3 heterocycles. The first-order chi connectivity index (χ1) is 17.8. The zero-order valence-electron chi connectivity index (χ0n) is 21.6. The molecule has 0 aliphatic carbocycles. The summed E-state index contributed by atoms with van der Waals surface area (Å²) in [7, 11) is 0. The zero-order chi connectivity index (χ0) is 26.4. The van der Waals surface area contributed by atoms with Crippen LogP contribution in [0.1, 0.15) is 38.5 Å². The average molecular weight is 543 g/mol. The number of thiazole rings is 1. The summed E-state index contributed by atoms with van der Waals surface area (Å²) >= 11 is 3.03. The number of aliphatic hydroxyl groups is 1. The van der Waals surface area contributed by atoms with Gasteiger partial charge in [-0.25, -0.2) is 4.98 Å². The average Bonchev–Trinajstić information content (AvgIpc) is 3.34. The summed E-state index contributed by atoms with van der Waals surface area (Å²) < 4.78 is 0. The molecule has 3 N–H and O–H groups in total. The number of hydrogen-bond donors (Lipinski definition) is 3. The summed E-state index contributed by atoms with van der Waals surface area (Å²) in [6, 6.07) is 7.65. The lowest BCUT2D eigenvalue weighted by Crippen LogP contribution is -2.47. The van der Waals surface area contributed by atoms with Crippen molar-refractivity contribution >= 4 is 51.7 Å². The molecule has 10 nitrogen and oxygen atoms in total. The number of aromatic nitrogens is 4. The molecule has 37 heavy (non-hydrogen) atoms. The maximum Gasteiger partial charge on any atom is 0.234 e. The van der Waals surface area contributed by atoms with Crippen LogP contribution in [0.3, 0.4) is 0 Å². The summed E-state index contributed by atoms with van der Waals surface area (Å²) in [6.07, 6.45) is 1.88. The maximum absolute atomic E-state index is 12.0. The number of β-amino-alcohol motifs (C(OH)–C–C–N with tert-alkyl or cyclic N) is 1. The molecule has 198 valence electrons. The number of rotatable bonds is 10. The minimum absolute atomic E-state index is 0.0138. The van der Waals surface area contributed by atoms with E-state index in [1.165, 1.54) is 16.6 Å². The molecule has 0 saturated carbocycles. The predicted molar refractivity (Wildman–Crippen MR) is 149 cm³/mol. The van der Waals surface area contributed by atoms with Gasteiger partial charge in [0.05, 0.1) is 6.61 Å². The van der Waals surface area contributed by atoms with Gasteiger partial charge in [0.15, 0.2) is 10.3 Å². The van der Waals surface area contributed by atoms with Crippen molar-refractivity contribution in [2.24, 2.45) is 5.92 Å². The third-order valence-electron chi connectivity index (χ3n) is 5.84. The lowest BCUT2D eigenvalue weighted by atomic mass is 10.2. The van der Waals surface area contributed by atoms with E-state index in [4.69, 9.17) is 9.97 Å². The molecular weight excluding hydrogens is 508 g/mol. The first-order valence-electron chi connectivity index (χ1n) is 12.5. The second kappa shape index (κ2) is 12.6. The van der Waals surface area contributed by atoms with Crippen LogP contribution in [0.2, 0.25) is 0 Å². The van der Waals surface area contributed by atoms with Crippen molar-refractivity contribution in [1.82, 2.24) is 24.8 Å². The Morgan fingerprint density at radius 1 is 1.08 bits per heavy atom. The number of benzene rings is 1. The van der Waals surface area contributed by atoms with E-state index in [-0.39, 0.29) is 18.4 Å². The summed E-state index contributed by atoms with van der Waals surface area (Å²) in [4.78, 5) is 37.1. The zero-order valence-corrected chi connectivity index (χ0v) is 23.3. The highest BCUT2D eigenvalue weighted by Crippen LogP contribution is 2.30. The van der Waals surface area contributed by atoms with Gasteiger partial charge >= 0.3 is 0 Å². The van der Waals surface area contributed by atoms with Crippen LogP contribution >= 0.6 is 23.1 Å². The largest absolute Gasteiger partial charge is 0.395 e. The molecule has 1 aromatic carbocycles. The number of piperazine rings is 1. The molecule has 1 aliphatic heterocycles. The van der Waals surface area contributed by atoms with Gasteiger partial charge in [-0.1, -0.05) is 27.7 Å². The van der Waals surface area contributed by atoms with Crippen molar-refractivity contribution < 1.29 is 9.90 Å². The predicted octanol–water partition coefficient (Wildman–Crippen LogP) is 4.06. The van der Waals surface area contributed by atoms with E-state index in [9.17, 15) is 9.90 Å². The minimum Gasteiger partial charge on any atom is -0.395 e. The van der Waals surface area contributed by atoms with E-state index >= 15 is 0 Å². The summed E-state index contributed by atoms with van der Waals surface area (Å²) in [5.41, 5.74) is 0.757. The fraction of sp³-hybridized carbons (Fsp3) is 0.480. The van der Waals surface area contributed by atoms with Crippen LogP contribution in [0.15, 0.2) is 40.5 Å². The van der Waals surface area contributed by atoms with E-state index in [1.807, 2.05) is 44.3 Å². The Kier molecular flexibility index (Phi) is 9.30. The van der Waals surface area contributed by atoms with Gasteiger partial charge in [0.2, 0.25) is 17.8 Å². The number of anilines is 4. The van der Waals surface area contributed by atoms with Gasteiger partial charge in [-0.2, -0.15) is 15.0 Å². The molecule has 12 heteroatoms. The number of nitrogens with one attached hydrogen (secondary N) is 2. The van der Waals surface area contributed by atoms with Crippen LogP contribution in [0.25, 0.3) is 0 Å². The van der Waals surface area contributed by atoms with E-state index in [2.05, 4.69) is 44.2 Å². The van der Waals surface area contributed by atoms with E-state index in [0.717, 1.165) is 41.9 Å². The van der Waals surface area contributed by atoms with Crippen LogP contribution in [0, 0.1) is 5.92 Å². The molecule has 0 unspecified atom stereocenters. The summed E-state index contributed by atoms with van der Waals surface area (Å²) in [5.74, 6) is 1.38. The molecule has 1 amide bonds. The van der Waals surface area contributed by atoms with Crippen molar-refractivity contribution in [3.8, 4) is 0 Å². The first kappa shape index (κ1) is 27.2. The smallest absolute Gasteiger partial charge is 0.234 e. The van der Waals surface area contributed by atoms with Crippen LogP contribution in [0.5, 0.6) is 0 Å². The van der Waals surface area contributed by atoms with E-state index in [1.54, 1.807) is 11.3 Å². The Bertz CT molecular complexity index is 1180. The number of nitrogens with zero attached hydrogens (tertiary/aromatic N) is 6. The second-order valence-corrected chi connectivity index (χ2v) is 11.5. The fourth-order valence-corrected chi connectivity index (χ4v) is 5.16. The standard InChI is InChI=1S/C25H34N8O2S2/c1-16(2)20-15-26-24(37-20)29-22-28-23(33-11-9-32(10-12-33)13-14-34)31-25(30-22)36-19-7-5-18(6-8-19)27-21(35)17(3)4/h5-8,15-17,34H,9-14H2,1-4H3,(H,27,35)(H,26,28,29,30,31). The number of amides is 1. The Morgan fingerprint density at radius 2 is 1.81 bits per heavy atom. The monoisotopic (exact) mass is 542 g/mol. The first-order valence-corrected chi connectivity index (χ1v) is 14.1. The molecule has 2 aromatic heterocycles. The number of hydrogen-bond acceptors (Lipinski definition) is 11. The molecule has 4 rings (SSSR count). The molecule has 1 aliphatic rings. The van der Waals surface area contributed by atoms with Gasteiger partial charge in [-0.05, 0) is 41.9 Å². The highest BCUT2D eigenvalue weighted by atomic mass is 32.2. The lowest BCUT2D eigenvalue weighted by Gasteiger charge is -2.34. The molecule has 1 fully saturated rings. The van der Waals surface area contributed by atoms with Gasteiger partial charge in [0.25, 0.3) is 0 Å². The minimum atomic E-state index is -0.0800. The highest BCUT2D eigenvalue weighted by molar-refractivity contribution is 7.99. The fourth-order valence-electron chi connectivity index (χ4n) is 3.61. The van der Waals surface area contributed by atoms with Crippen molar-refractivity contribution in [2.75, 3.05) is 54.9 Å². The van der Waals surface area contributed by atoms with Crippen molar-refractivity contribution in [1.29, 1.82) is 0 Å². The van der Waals surface area contributed by atoms with E-state index < -0.39 is 0 Å². The molecule has 0 radical (unpaired) electrons. The second-order valence-electron chi connectivity index (χ2n) is 9.41. The summed E-state index contributed by atoms with van der Waals surface area (Å²) in [6.45, 7) is 12.1. The Hall–Kier alpha value is -2.80. The van der Waals surface area contributed by atoms with Gasteiger partial charge in [0.1, 0.15) is 0 Å². The molecule has 1 saturated heterocycles. The lowest BCUT2D eigenvalue weighted by molar-refractivity contribution is -0.118. The van der Waals surface area contributed by atoms with Gasteiger partial charge < -0.3 is 15.3 Å².